The van der Waals surface area contributed by atoms with E-state index >= 15 is 0 Å². The van der Waals surface area contributed by atoms with Crippen LogP contribution in [0, 0.1) is 12.7 Å². The molecule has 5 rings (SSSR count). The van der Waals surface area contributed by atoms with Crippen LogP contribution in [0.15, 0.2) is 70.3 Å². The van der Waals surface area contributed by atoms with Crippen LogP contribution >= 0.6 is 11.3 Å². The van der Waals surface area contributed by atoms with E-state index in [1.54, 1.807) is 25.1 Å². The Morgan fingerprint density at radius 1 is 1.21 bits per heavy atom. The second-order valence-electron chi connectivity index (χ2n) is 7.69. The summed E-state index contributed by atoms with van der Waals surface area (Å²) in [5.74, 6) is -1.39. The Hall–Kier alpha value is -3.98. The van der Waals surface area contributed by atoms with E-state index in [0.717, 1.165) is 4.70 Å². The monoisotopic (exact) mass is 478 g/mol. The molecule has 0 saturated carbocycles. The molecule has 34 heavy (non-hydrogen) atoms. The molecule has 0 bridgehead atoms. The van der Waals surface area contributed by atoms with Gasteiger partial charge in [0.1, 0.15) is 17.3 Å². The highest BCUT2D eigenvalue weighted by molar-refractivity contribution is 7.22. The molecule has 9 heteroatoms. The first-order valence-electron chi connectivity index (χ1n) is 10.5. The molecule has 0 aliphatic carbocycles. The molecule has 2 aromatic carbocycles. The largest absolute Gasteiger partial charge is 0.503 e. The van der Waals surface area contributed by atoms with Crippen LogP contribution in [-0.4, -0.2) is 28.4 Å². The van der Waals surface area contributed by atoms with Crippen molar-refractivity contribution in [1.29, 1.82) is 0 Å². The number of hydrogen-bond donors (Lipinski definition) is 1. The van der Waals surface area contributed by atoms with Gasteiger partial charge in [0.2, 0.25) is 5.78 Å². The van der Waals surface area contributed by atoms with E-state index in [-0.39, 0.29) is 16.5 Å². The zero-order valence-corrected chi connectivity index (χ0v) is 19.1. The second kappa shape index (κ2) is 8.42. The van der Waals surface area contributed by atoms with Crippen molar-refractivity contribution >= 4 is 38.4 Å². The van der Waals surface area contributed by atoms with Gasteiger partial charge in [0.25, 0.3) is 5.91 Å². The van der Waals surface area contributed by atoms with Gasteiger partial charge in [-0.15, -0.1) is 0 Å². The number of rotatable bonds is 6. The number of aliphatic hydroxyl groups is 1. The van der Waals surface area contributed by atoms with Crippen molar-refractivity contribution in [1.82, 2.24) is 4.98 Å². The third-order valence-corrected chi connectivity index (χ3v) is 6.49. The van der Waals surface area contributed by atoms with Gasteiger partial charge in [0.15, 0.2) is 16.7 Å². The molecule has 2 aromatic heterocycles. The summed E-state index contributed by atoms with van der Waals surface area (Å²) in [6, 6.07) is 12.9. The molecule has 1 aliphatic rings. The maximum Gasteiger partial charge on any atom is 0.296 e. The molecule has 4 aromatic rings. The summed E-state index contributed by atoms with van der Waals surface area (Å²) in [4.78, 5) is 32.4. The average Bonchev–Trinajstić information content (AvgIpc) is 3.50. The number of aromatic nitrogens is 1. The van der Waals surface area contributed by atoms with Crippen LogP contribution in [0.2, 0.25) is 0 Å². The Kier molecular flexibility index (Phi) is 5.41. The first kappa shape index (κ1) is 21.8. The number of halogens is 1. The number of ether oxygens (including phenoxy) is 1. The molecule has 1 amide bonds. The lowest BCUT2D eigenvalue weighted by Gasteiger charge is -2.24. The second-order valence-corrected chi connectivity index (χ2v) is 8.70. The maximum absolute atomic E-state index is 13.7. The van der Waals surface area contributed by atoms with Gasteiger partial charge in [-0.25, -0.2) is 9.37 Å². The molecule has 0 saturated heterocycles. The number of aryl methyl sites for hydroxylation is 1. The molecule has 1 aliphatic heterocycles. The summed E-state index contributed by atoms with van der Waals surface area (Å²) in [5, 5.41) is 11.1. The fraction of sp³-hybridized carbons (Fsp3) is 0.160. The Bertz CT molecular complexity index is 1450. The van der Waals surface area contributed by atoms with Gasteiger partial charge in [-0.05, 0) is 61.9 Å². The fourth-order valence-electron chi connectivity index (χ4n) is 3.94. The lowest BCUT2D eigenvalue weighted by atomic mass is 9.95. The molecule has 3 heterocycles. The number of hydrogen-bond acceptors (Lipinski definition) is 7. The molecule has 0 radical (unpaired) electrons. The van der Waals surface area contributed by atoms with Gasteiger partial charge < -0.3 is 14.3 Å². The molecule has 1 atom stereocenters. The molecule has 0 unspecified atom stereocenters. The van der Waals surface area contributed by atoms with Crippen molar-refractivity contribution < 1.29 is 28.2 Å². The highest BCUT2D eigenvalue weighted by Crippen LogP contribution is 2.44. The summed E-state index contributed by atoms with van der Waals surface area (Å²) < 4.78 is 25.4. The van der Waals surface area contributed by atoms with Crippen molar-refractivity contribution in [2.24, 2.45) is 0 Å². The smallest absolute Gasteiger partial charge is 0.296 e. The lowest BCUT2D eigenvalue weighted by molar-refractivity contribution is -0.117. The van der Waals surface area contributed by atoms with E-state index in [1.807, 2.05) is 13.0 Å². The van der Waals surface area contributed by atoms with Gasteiger partial charge in [-0.2, -0.15) is 0 Å². The molecule has 0 fully saturated rings. The number of thiazole rings is 1. The Balaban J connectivity index is 1.64. The van der Waals surface area contributed by atoms with Crippen LogP contribution in [0.25, 0.3) is 10.2 Å². The van der Waals surface area contributed by atoms with E-state index in [1.165, 1.54) is 46.6 Å². The number of carbonyl (C=O) groups is 2. The minimum atomic E-state index is -1.02. The number of nitrogens with zero attached hydrogens (tertiary/aromatic N) is 2. The van der Waals surface area contributed by atoms with Crippen LogP contribution in [0.3, 0.4) is 0 Å². The van der Waals surface area contributed by atoms with Crippen LogP contribution in [0.5, 0.6) is 5.75 Å². The third kappa shape index (κ3) is 3.63. The van der Waals surface area contributed by atoms with Crippen molar-refractivity contribution in [3.8, 4) is 5.75 Å². The van der Waals surface area contributed by atoms with Crippen molar-refractivity contribution in [3.63, 3.8) is 0 Å². The zero-order valence-electron chi connectivity index (χ0n) is 18.2. The topological polar surface area (TPSA) is 92.9 Å². The van der Waals surface area contributed by atoms with Crippen LogP contribution in [0.4, 0.5) is 9.52 Å². The van der Waals surface area contributed by atoms with Crippen LogP contribution < -0.4 is 9.64 Å². The molecule has 172 valence electrons. The summed E-state index contributed by atoms with van der Waals surface area (Å²) in [7, 11) is 0. The highest BCUT2D eigenvalue weighted by Gasteiger charge is 2.46. The summed E-state index contributed by atoms with van der Waals surface area (Å²) in [6.07, 6.45) is 0. The molecule has 7 nitrogen and oxygen atoms in total. The fourth-order valence-corrected chi connectivity index (χ4v) is 4.96. The molecule has 0 spiro atoms. The van der Waals surface area contributed by atoms with E-state index in [0.29, 0.717) is 29.2 Å². The van der Waals surface area contributed by atoms with Gasteiger partial charge >= 0.3 is 0 Å². The van der Waals surface area contributed by atoms with Gasteiger partial charge in [-0.1, -0.05) is 23.5 Å². The van der Waals surface area contributed by atoms with Crippen molar-refractivity contribution in [2.75, 3.05) is 11.5 Å². The predicted octanol–water partition coefficient (Wildman–Crippen LogP) is 5.52. The Morgan fingerprint density at radius 2 is 1.97 bits per heavy atom. The molecular weight excluding hydrogens is 459 g/mol. The van der Waals surface area contributed by atoms with E-state index in [2.05, 4.69) is 4.98 Å². The van der Waals surface area contributed by atoms with Gasteiger partial charge in [0, 0.05) is 0 Å². The minimum Gasteiger partial charge on any atom is -0.503 e. The van der Waals surface area contributed by atoms with Crippen LogP contribution in [0.1, 0.15) is 34.8 Å². The standard InChI is InChI=1S/C25H19FN2O5S/c1-3-32-16-9-10-17-19(12-16)34-25(27-17)28-21(14-5-7-15(26)8-6-14)20(23(30)24(28)31)22(29)18-11-4-13(2)33-18/h4-12,21,30H,3H2,1-2H3/t21-/m1/s1. The number of anilines is 1. The molecule has 1 N–H and O–H groups in total. The Labute approximate surface area is 197 Å². The quantitative estimate of drug-likeness (QED) is 0.367. The van der Waals surface area contributed by atoms with Crippen molar-refractivity contribution in [3.05, 3.63) is 88.8 Å². The number of fused-ring (bicyclic) bond motifs is 1. The third-order valence-electron chi connectivity index (χ3n) is 5.47. The minimum absolute atomic E-state index is 0.00790. The maximum atomic E-state index is 13.7. The number of furan rings is 1. The number of benzene rings is 2. The summed E-state index contributed by atoms with van der Waals surface area (Å²) in [6.45, 7) is 4.07. The van der Waals surface area contributed by atoms with E-state index in [9.17, 15) is 19.1 Å². The molecular formula is C25H19FN2O5S. The Morgan fingerprint density at radius 3 is 2.65 bits per heavy atom. The average molecular weight is 479 g/mol. The van der Waals surface area contributed by atoms with Gasteiger partial charge in [0.05, 0.1) is 28.4 Å². The normalized spacial score (nSPS) is 16.0. The van der Waals surface area contributed by atoms with E-state index < -0.39 is 29.3 Å². The summed E-state index contributed by atoms with van der Waals surface area (Å²) in [5.41, 5.74) is 0.926. The SMILES string of the molecule is CCOc1ccc2nc(N3C(=O)C(O)=C(C(=O)c4ccc(C)o4)[C@H]3c3ccc(F)cc3)sc2c1. The van der Waals surface area contributed by atoms with Crippen molar-refractivity contribution in [2.45, 2.75) is 19.9 Å². The first-order valence-corrected chi connectivity index (χ1v) is 11.4. The number of carbonyl (C=O) groups excluding carboxylic acids is 2. The first-order chi connectivity index (χ1) is 16.4. The number of Topliss-reactive ketones (excluding diaryl/α,β-unsaturated/α-hetero) is 1. The zero-order chi connectivity index (χ0) is 24.0. The lowest BCUT2D eigenvalue weighted by Crippen LogP contribution is -2.30. The van der Waals surface area contributed by atoms with E-state index in [4.69, 9.17) is 9.15 Å². The number of ketones is 1. The predicted molar refractivity (Wildman–Crippen MR) is 125 cm³/mol. The number of aliphatic hydroxyl groups excluding tert-OH is 1. The number of amides is 1. The van der Waals surface area contributed by atoms with Crippen LogP contribution in [-0.2, 0) is 4.79 Å². The van der Waals surface area contributed by atoms with Gasteiger partial charge in [-0.3, -0.25) is 14.5 Å². The summed E-state index contributed by atoms with van der Waals surface area (Å²) >= 11 is 1.22. The highest BCUT2D eigenvalue weighted by atomic mass is 32.1.